The highest BCUT2D eigenvalue weighted by Gasteiger charge is 2.33. The topological polar surface area (TPSA) is 87.3 Å². The van der Waals surface area contributed by atoms with Gasteiger partial charge in [0.05, 0.1) is 23.2 Å². The Labute approximate surface area is 161 Å². The van der Waals surface area contributed by atoms with Crippen LogP contribution in [-0.2, 0) is 21.0 Å². The SMILES string of the molecule is Cc1ccc(NC(C)C(=O)Nc2ccccc2C(F)(F)F)cc1NS(C)(=O)=O. The minimum atomic E-state index is -4.59. The summed E-state index contributed by atoms with van der Waals surface area (Å²) in [6.07, 6.45) is -3.58. The summed E-state index contributed by atoms with van der Waals surface area (Å²) in [6.45, 7) is 3.19. The van der Waals surface area contributed by atoms with Crippen molar-refractivity contribution in [1.82, 2.24) is 0 Å². The molecular formula is C18H20F3N3O3S. The molecular weight excluding hydrogens is 395 g/mol. The van der Waals surface area contributed by atoms with Crippen LogP contribution in [0.4, 0.5) is 30.2 Å². The molecule has 152 valence electrons. The lowest BCUT2D eigenvalue weighted by molar-refractivity contribution is -0.137. The molecule has 2 aromatic rings. The number of hydrogen-bond donors (Lipinski definition) is 3. The van der Waals surface area contributed by atoms with E-state index in [4.69, 9.17) is 0 Å². The number of amides is 1. The molecule has 0 radical (unpaired) electrons. The second kappa shape index (κ2) is 8.09. The number of anilines is 3. The lowest BCUT2D eigenvalue weighted by Crippen LogP contribution is -2.32. The second-order valence-electron chi connectivity index (χ2n) is 6.30. The molecule has 1 atom stereocenters. The van der Waals surface area contributed by atoms with Crippen LogP contribution in [0.15, 0.2) is 42.5 Å². The Morgan fingerprint density at radius 1 is 1.07 bits per heavy atom. The molecule has 0 spiro atoms. The number of alkyl halides is 3. The van der Waals surface area contributed by atoms with Crippen molar-refractivity contribution in [2.24, 2.45) is 0 Å². The van der Waals surface area contributed by atoms with Crippen LogP contribution < -0.4 is 15.4 Å². The van der Waals surface area contributed by atoms with Crippen LogP contribution in [0.5, 0.6) is 0 Å². The zero-order valence-electron chi connectivity index (χ0n) is 15.4. The summed E-state index contributed by atoms with van der Waals surface area (Å²) in [5, 5.41) is 5.11. The number of aryl methyl sites for hydroxylation is 1. The van der Waals surface area contributed by atoms with Crippen LogP contribution in [0.1, 0.15) is 18.1 Å². The first-order chi connectivity index (χ1) is 12.9. The maximum Gasteiger partial charge on any atom is 0.418 e. The van der Waals surface area contributed by atoms with E-state index in [0.717, 1.165) is 12.3 Å². The monoisotopic (exact) mass is 415 g/mol. The van der Waals surface area contributed by atoms with Crippen molar-refractivity contribution in [2.75, 3.05) is 21.6 Å². The van der Waals surface area contributed by atoms with Crippen LogP contribution in [0.2, 0.25) is 0 Å². The molecule has 2 rings (SSSR count). The molecule has 0 saturated carbocycles. The van der Waals surface area contributed by atoms with E-state index < -0.39 is 33.7 Å². The number of carbonyl (C=O) groups excluding carboxylic acids is 1. The van der Waals surface area contributed by atoms with E-state index >= 15 is 0 Å². The normalized spacial score (nSPS) is 12.9. The zero-order chi connectivity index (χ0) is 21.1. The highest BCUT2D eigenvalue weighted by molar-refractivity contribution is 7.92. The molecule has 0 saturated heterocycles. The molecule has 0 aliphatic carbocycles. The first kappa shape index (κ1) is 21.5. The van der Waals surface area contributed by atoms with Gasteiger partial charge in [0.1, 0.15) is 6.04 Å². The van der Waals surface area contributed by atoms with Crippen molar-refractivity contribution in [3.63, 3.8) is 0 Å². The van der Waals surface area contributed by atoms with E-state index in [1.165, 1.54) is 31.2 Å². The van der Waals surface area contributed by atoms with Crippen LogP contribution in [0.25, 0.3) is 0 Å². The third-order valence-electron chi connectivity index (χ3n) is 3.80. The number of sulfonamides is 1. The Morgan fingerprint density at radius 2 is 1.71 bits per heavy atom. The highest BCUT2D eigenvalue weighted by Crippen LogP contribution is 2.34. The molecule has 10 heteroatoms. The predicted molar refractivity (Wildman–Crippen MR) is 103 cm³/mol. The van der Waals surface area contributed by atoms with Gasteiger partial charge in [0.25, 0.3) is 0 Å². The van der Waals surface area contributed by atoms with Crippen molar-refractivity contribution in [2.45, 2.75) is 26.1 Å². The number of carbonyl (C=O) groups is 1. The number of nitrogens with one attached hydrogen (secondary N) is 3. The summed E-state index contributed by atoms with van der Waals surface area (Å²) in [5.74, 6) is -0.671. The number of para-hydroxylation sites is 1. The standard InChI is InChI=1S/C18H20F3N3O3S/c1-11-8-9-13(10-16(11)24-28(3,26)27)22-12(2)17(25)23-15-7-5-4-6-14(15)18(19,20)21/h4-10,12,22,24H,1-3H3,(H,23,25). The lowest BCUT2D eigenvalue weighted by atomic mass is 10.1. The van der Waals surface area contributed by atoms with E-state index in [1.54, 1.807) is 19.1 Å². The van der Waals surface area contributed by atoms with Gasteiger partial charge in [0.15, 0.2) is 0 Å². The largest absolute Gasteiger partial charge is 0.418 e. The van der Waals surface area contributed by atoms with Crippen LogP contribution >= 0.6 is 0 Å². The molecule has 0 aliphatic rings. The van der Waals surface area contributed by atoms with Crippen molar-refractivity contribution < 1.29 is 26.4 Å². The Morgan fingerprint density at radius 3 is 2.32 bits per heavy atom. The van der Waals surface area contributed by atoms with Gasteiger partial charge in [-0.3, -0.25) is 9.52 Å². The Hall–Kier alpha value is -2.75. The van der Waals surface area contributed by atoms with E-state index in [9.17, 15) is 26.4 Å². The fourth-order valence-electron chi connectivity index (χ4n) is 2.42. The van der Waals surface area contributed by atoms with Gasteiger partial charge in [-0.25, -0.2) is 8.42 Å². The zero-order valence-corrected chi connectivity index (χ0v) is 16.2. The van der Waals surface area contributed by atoms with Gasteiger partial charge in [-0.2, -0.15) is 13.2 Å². The first-order valence-electron chi connectivity index (χ1n) is 8.19. The Bertz CT molecular complexity index is 976. The van der Waals surface area contributed by atoms with E-state index in [-0.39, 0.29) is 5.69 Å². The average Bonchev–Trinajstić information content (AvgIpc) is 2.56. The summed E-state index contributed by atoms with van der Waals surface area (Å²) in [4.78, 5) is 12.3. The minimum Gasteiger partial charge on any atom is -0.374 e. The highest BCUT2D eigenvalue weighted by atomic mass is 32.2. The second-order valence-corrected chi connectivity index (χ2v) is 8.05. The molecule has 28 heavy (non-hydrogen) atoms. The maximum absolute atomic E-state index is 13.0. The summed E-state index contributed by atoms with van der Waals surface area (Å²) < 4.78 is 64.3. The van der Waals surface area contributed by atoms with Crippen molar-refractivity contribution in [3.05, 3.63) is 53.6 Å². The average molecular weight is 415 g/mol. The number of halogens is 3. The minimum absolute atomic E-state index is 0.336. The fraction of sp³-hybridized carbons (Fsp3) is 0.278. The quantitative estimate of drug-likeness (QED) is 0.669. The molecule has 6 nitrogen and oxygen atoms in total. The van der Waals surface area contributed by atoms with E-state index in [0.29, 0.717) is 16.9 Å². The predicted octanol–water partition coefficient (Wildman–Crippen LogP) is 3.82. The van der Waals surface area contributed by atoms with Crippen molar-refractivity contribution in [1.29, 1.82) is 0 Å². The molecule has 0 aromatic heterocycles. The molecule has 0 heterocycles. The molecule has 0 aliphatic heterocycles. The Kier molecular flexibility index (Phi) is 6.23. The van der Waals surface area contributed by atoms with Crippen LogP contribution in [0.3, 0.4) is 0 Å². The summed E-state index contributed by atoms with van der Waals surface area (Å²) in [6, 6.07) is 8.61. The molecule has 0 fully saturated rings. The summed E-state index contributed by atoms with van der Waals surface area (Å²) in [7, 11) is -3.48. The number of hydrogen-bond acceptors (Lipinski definition) is 4. The van der Waals surface area contributed by atoms with E-state index in [2.05, 4.69) is 15.4 Å². The molecule has 2 aromatic carbocycles. The van der Waals surface area contributed by atoms with Crippen LogP contribution in [0, 0.1) is 6.92 Å². The third-order valence-corrected chi connectivity index (χ3v) is 4.39. The first-order valence-corrected chi connectivity index (χ1v) is 10.1. The molecule has 0 bridgehead atoms. The molecule has 1 unspecified atom stereocenters. The summed E-state index contributed by atoms with van der Waals surface area (Å²) >= 11 is 0. The number of benzene rings is 2. The maximum atomic E-state index is 13.0. The summed E-state index contributed by atoms with van der Waals surface area (Å²) in [5.41, 5.74) is 0.167. The fourth-order valence-corrected chi connectivity index (χ4v) is 3.04. The molecule has 3 N–H and O–H groups in total. The van der Waals surface area contributed by atoms with Crippen LogP contribution in [-0.4, -0.2) is 26.6 Å². The van der Waals surface area contributed by atoms with Gasteiger partial charge in [-0.15, -0.1) is 0 Å². The van der Waals surface area contributed by atoms with Gasteiger partial charge in [-0.1, -0.05) is 18.2 Å². The van der Waals surface area contributed by atoms with Gasteiger partial charge in [-0.05, 0) is 43.7 Å². The third kappa shape index (κ3) is 5.88. The Balaban J connectivity index is 2.15. The van der Waals surface area contributed by atoms with Crippen molar-refractivity contribution >= 4 is 33.0 Å². The van der Waals surface area contributed by atoms with Gasteiger partial charge in [0, 0.05) is 5.69 Å². The molecule has 1 amide bonds. The van der Waals surface area contributed by atoms with Gasteiger partial charge >= 0.3 is 6.18 Å². The van der Waals surface area contributed by atoms with Gasteiger partial charge in [0.2, 0.25) is 15.9 Å². The number of rotatable bonds is 6. The van der Waals surface area contributed by atoms with Gasteiger partial charge < -0.3 is 10.6 Å². The lowest BCUT2D eigenvalue weighted by Gasteiger charge is -2.19. The smallest absolute Gasteiger partial charge is 0.374 e. The van der Waals surface area contributed by atoms with E-state index in [1.807, 2.05) is 0 Å². The van der Waals surface area contributed by atoms with Crippen molar-refractivity contribution in [3.8, 4) is 0 Å².